The number of furan rings is 1. The molecule has 0 saturated heterocycles. The molecule has 0 unspecified atom stereocenters. The van der Waals surface area contributed by atoms with Crippen LogP contribution in [-0.2, 0) is 4.79 Å². The third-order valence-corrected chi connectivity index (χ3v) is 3.23. The highest BCUT2D eigenvalue weighted by molar-refractivity contribution is 6.00. The van der Waals surface area contributed by atoms with Gasteiger partial charge in [0.25, 0.3) is 5.91 Å². The van der Waals surface area contributed by atoms with Gasteiger partial charge in [-0.3, -0.25) is 4.79 Å². The lowest BCUT2D eigenvalue weighted by atomic mass is 10.1. The van der Waals surface area contributed by atoms with E-state index >= 15 is 0 Å². The Morgan fingerprint density at radius 1 is 1.35 bits per heavy atom. The molecule has 0 saturated carbocycles. The van der Waals surface area contributed by atoms with Gasteiger partial charge in [0, 0.05) is 10.9 Å². The summed E-state index contributed by atoms with van der Waals surface area (Å²) in [6.07, 6.45) is 1.07. The van der Waals surface area contributed by atoms with Crippen LogP contribution in [0.1, 0.15) is 35.9 Å². The lowest BCUT2D eigenvalue weighted by Crippen LogP contribution is -2.40. The minimum absolute atomic E-state index is 0.175. The predicted octanol–water partition coefficient (Wildman–Crippen LogP) is 2.72. The summed E-state index contributed by atoms with van der Waals surface area (Å²) in [5.41, 5.74) is 1.34. The molecule has 5 nitrogen and oxygen atoms in total. The molecule has 1 aromatic carbocycles. The Kier molecular flexibility index (Phi) is 4.08. The van der Waals surface area contributed by atoms with Crippen LogP contribution in [0, 0.1) is 6.92 Å². The number of nitrogens with one attached hydrogen (secondary N) is 1. The van der Waals surface area contributed by atoms with E-state index in [0.29, 0.717) is 18.4 Å². The molecule has 1 atom stereocenters. The molecule has 5 heteroatoms. The van der Waals surface area contributed by atoms with Crippen molar-refractivity contribution in [2.45, 2.75) is 32.7 Å². The molecule has 0 aliphatic rings. The van der Waals surface area contributed by atoms with E-state index in [1.807, 2.05) is 25.1 Å². The number of carboxylic acid groups (broad SMARTS) is 1. The van der Waals surface area contributed by atoms with E-state index in [1.54, 1.807) is 13.0 Å². The molecule has 1 heterocycles. The average molecular weight is 275 g/mol. The summed E-state index contributed by atoms with van der Waals surface area (Å²) >= 11 is 0. The zero-order valence-electron chi connectivity index (χ0n) is 11.5. The van der Waals surface area contributed by atoms with Crippen molar-refractivity contribution in [1.29, 1.82) is 0 Å². The number of hydrogen-bond donors (Lipinski definition) is 2. The second-order valence-corrected chi connectivity index (χ2v) is 4.71. The van der Waals surface area contributed by atoms with Crippen LogP contribution < -0.4 is 5.32 Å². The molecule has 1 aromatic heterocycles. The fourth-order valence-corrected chi connectivity index (χ4v) is 2.16. The molecule has 2 N–H and O–H groups in total. The normalized spacial score (nSPS) is 12.3. The quantitative estimate of drug-likeness (QED) is 0.879. The topological polar surface area (TPSA) is 79.5 Å². The van der Waals surface area contributed by atoms with E-state index < -0.39 is 17.9 Å². The minimum atomic E-state index is -1.03. The van der Waals surface area contributed by atoms with Crippen LogP contribution in [0.3, 0.4) is 0 Å². The van der Waals surface area contributed by atoms with Crippen molar-refractivity contribution in [3.8, 4) is 0 Å². The second kappa shape index (κ2) is 5.77. The van der Waals surface area contributed by atoms with Crippen LogP contribution in [0.5, 0.6) is 0 Å². The molecule has 2 aromatic rings. The summed E-state index contributed by atoms with van der Waals surface area (Å²) in [4.78, 5) is 23.2. The lowest BCUT2D eigenvalue weighted by molar-refractivity contribution is -0.139. The number of fused-ring (bicyclic) bond motifs is 1. The number of rotatable bonds is 5. The van der Waals surface area contributed by atoms with Gasteiger partial charge in [-0.2, -0.15) is 0 Å². The molecular formula is C15H17NO4. The summed E-state index contributed by atoms with van der Waals surface area (Å²) in [6.45, 7) is 3.66. The monoisotopic (exact) mass is 275 g/mol. The van der Waals surface area contributed by atoms with Gasteiger partial charge in [-0.1, -0.05) is 31.5 Å². The number of carbonyl (C=O) groups excluding carboxylic acids is 1. The van der Waals surface area contributed by atoms with E-state index in [0.717, 1.165) is 10.9 Å². The Morgan fingerprint density at radius 2 is 2.05 bits per heavy atom. The predicted molar refractivity (Wildman–Crippen MR) is 74.7 cm³/mol. The highest BCUT2D eigenvalue weighted by Gasteiger charge is 2.23. The van der Waals surface area contributed by atoms with Gasteiger partial charge in [0.15, 0.2) is 5.76 Å². The van der Waals surface area contributed by atoms with E-state index in [-0.39, 0.29) is 5.76 Å². The van der Waals surface area contributed by atoms with Gasteiger partial charge in [0.2, 0.25) is 0 Å². The largest absolute Gasteiger partial charge is 0.480 e. The zero-order chi connectivity index (χ0) is 14.7. The van der Waals surface area contributed by atoms with Crippen molar-refractivity contribution in [3.05, 3.63) is 35.6 Å². The Bertz CT molecular complexity index is 644. The molecule has 20 heavy (non-hydrogen) atoms. The molecule has 0 aliphatic heterocycles. The van der Waals surface area contributed by atoms with Gasteiger partial charge in [0.05, 0.1) is 0 Å². The van der Waals surface area contributed by atoms with Crippen LogP contribution in [-0.4, -0.2) is 23.0 Å². The Morgan fingerprint density at radius 3 is 2.65 bits per heavy atom. The standard InChI is InChI=1S/C15H17NO4/c1-3-6-11(15(18)19)16-14(17)13-9(2)10-7-4-5-8-12(10)20-13/h4-5,7-8,11H,3,6H2,1-2H3,(H,16,17)(H,18,19)/t11-/m0/s1. The van der Waals surface area contributed by atoms with Gasteiger partial charge in [-0.05, 0) is 19.4 Å². The van der Waals surface area contributed by atoms with Gasteiger partial charge in [-0.25, -0.2) is 4.79 Å². The van der Waals surface area contributed by atoms with Crippen molar-refractivity contribution in [2.24, 2.45) is 0 Å². The van der Waals surface area contributed by atoms with Gasteiger partial charge in [-0.15, -0.1) is 0 Å². The van der Waals surface area contributed by atoms with Crippen molar-refractivity contribution in [3.63, 3.8) is 0 Å². The molecule has 0 spiro atoms. The maximum Gasteiger partial charge on any atom is 0.326 e. The Hall–Kier alpha value is -2.30. The van der Waals surface area contributed by atoms with E-state index in [1.165, 1.54) is 0 Å². The number of aryl methyl sites for hydroxylation is 1. The first-order valence-corrected chi connectivity index (χ1v) is 6.56. The fourth-order valence-electron chi connectivity index (χ4n) is 2.16. The average Bonchev–Trinajstić information content (AvgIpc) is 2.76. The summed E-state index contributed by atoms with van der Waals surface area (Å²) < 4.78 is 5.51. The van der Waals surface area contributed by atoms with Gasteiger partial charge in [0.1, 0.15) is 11.6 Å². The van der Waals surface area contributed by atoms with Crippen molar-refractivity contribution in [2.75, 3.05) is 0 Å². The van der Waals surface area contributed by atoms with Gasteiger partial charge >= 0.3 is 5.97 Å². The van der Waals surface area contributed by atoms with Crippen LogP contribution in [0.4, 0.5) is 0 Å². The Labute approximate surface area is 116 Å². The first-order valence-electron chi connectivity index (χ1n) is 6.56. The summed E-state index contributed by atoms with van der Waals surface area (Å²) in [6, 6.07) is 6.44. The van der Waals surface area contributed by atoms with Crippen molar-refractivity contribution < 1.29 is 19.1 Å². The first kappa shape index (κ1) is 14.1. The number of amides is 1. The number of benzene rings is 1. The number of carbonyl (C=O) groups is 2. The van der Waals surface area contributed by atoms with Crippen LogP contribution in [0.25, 0.3) is 11.0 Å². The lowest BCUT2D eigenvalue weighted by Gasteiger charge is -2.12. The number of aliphatic carboxylic acids is 1. The highest BCUT2D eigenvalue weighted by atomic mass is 16.4. The minimum Gasteiger partial charge on any atom is -0.480 e. The first-order chi connectivity index (χ1) is 9.54. The number of hydrogen-bond acceptors (Lipinski definition) is 3. The maximum absolute atomic E-state index is 12.2. The van der Waals surface area contributed by atoms with Crippen LogP contribution in [0.15, 0.2) is 28.7 Å². The second-order valence-electron chi connectivity index (χ2n) is 4.71. The molecule has 1 amide bonds. The molecular weight excluding hydrogens is 258 g/mol. The van der Waals surface area contributed by atoms with E-state index in [2.05, 4.69) is 5.32 Å². The summed E-state index contributed by atoms with van der Waals surface area (Å²) in [5.74, 6) is -1.35. The smallest absolute Gasteiger partial charge is 0.326 e. The third-order valence-electron chi connectivity index (χ3n) is 3.23. The number of para-hydroxylation sites is 1. The molecule has 0 bridgehead atoms. The van der Waals surface area contributed by atoms with E-state index in [9.17, 15) is 9.59 Å². The van der Waals surface area contributed by atoms with Crippen molar-refractivity contribution in [1.82, 2.24) is 5.32 Å². The fraction of sp³-hybridized carbons (Fsp3) is 0.333. The summed E-state index contributed by atoms with van der Waals surface area (Å²) in [5, 5.41) is 12.4. The van der Waals surface area contributed by atoms with Crippen molar-refractivity contribution >= 4 is 22.8 Å². The maximum atomic E-state index is 12.2. The molecule has 106 valence electrons. The molecule has 0 radical (unpaired) electrons. The molecule has 2 rings (SSSR count). The highest BCUT2D eigenvalue weighted by Crippen LogP contribution is 2.24. The molecule has 0 aliphatic carbocycles. The molecule has 0 fully saturated rings. The summed E-state index contributed by atoms with van der Waals surface area (Å²) in [7, 11) is 0. The SMILES string of the molecule is CCC[C@H](NC(=O)c1oc2ccccc2c1C)C(=O)O. The number of carboxylic acids is 1. The Balaban J connectivity index is 2.27. The van der Waals surface area contributed by atoms with Crippen LogP contribution >= 0.6 is 0 Å². The van der Waals surface area contributed by atoms with Crippen LogP contribution in [0.2, 0.25) is 0 Å². The van der Waals surface area contributed by atoms with Gasteiger partial charge < -0.3 is 14.8 Å². The zero-order valence-corrected chi connectivity index (χ0v) is 11.5. The third kappa shape index (κ3) is 2.66. The van der Waals surface area contributed by atoms with E-state index in [4.69, 9.17) is 9.52 Å².